The second-order valence-electron chi connectivity index (χ2n) is 5.13. The van der Waals surface area contributed by atoms with Crippen molar-refractivity contribution in [2.75, 3.05) is 0 Å². The Morgan fingerprint density at radius 2 is 2.00 bits per heavy atom. The van der Waals surface area contributed by atoms with E-state index in [0.29, 0.717) is 17.7 Å². The first-order valence-electron chi connectivity index (χ1n) is 7.21. The second-order valence-corrected chi connectivity index (χ2v) is 5.48. The number of aromatic nitrogens is 2. The maximum absolute atomic E-state index is 11.3. The minimum atomic E-state index is -1.48. The number of rotatable bonds is 7. The molecule has 0 saturated heterocycles. The minimum absolute atomic E-state index is 0.225. The summed E-state index contributed by atoms with van der Waals surface area (Å²) < 4.78 is 1.81. The Bertz CT molecular complexity index is 641. The number of carbonyl (C=O) groups is 1. The van der Waals surface area contributed by atoms with E-state index in [1.165, 1.54) is 0 Å². The van der Waals surface area contributed by atoms with E-state index in [-0.39, 0.29) is 5.15 Å². The van der Waals surface area contributed by atoms with Gasteiger partial charge in [-0.25, -0.2) is 4.98 Å². The molecule has 0 radical (unpaired) electrons. The van der Waals surface area contributed by atoms with Crippen molar-refractivity contribution in [3.05, 3.63) is 46.5 Å². The molecule has 1 aromatic carbocycles. The van der Waals surface area contributed by atoms with Crippen molar-refractivity contribution in [3.8, 4) is 0 Å². The van der Waals surface area contributed by atoms with E-state index in [0.717, 1.165) is 36.9 Å². The average molecular weight is 321 g/mol. The summed E-state index contributed by atoms with van der Waals surface area (Å²) in [7, 11) is -1.48. The number of hydrogen-bond acceptors (Lipinski definition) is 4. The number of halogens is 1. The van der Waals surface area contributed by atoms with Gasteiger partial charge in [0.25, 0.3) is 0 Å². The number of nitrogens with zero attached hydrogens (tertiary/aromatic N) is 2. The molecule has 0 fully saturated rings. The molecule has 0 aliphatic heterocycles. The first-order valence-corrected chi connectivity index (χ1v) is 7.59. The molecule has 116 valence electrons. The van der Waals surface area contributed by atoms with Gasteiger partial charge in [-0.2, -0.15) is 0 Å². The molecular weight excluding hydrogens is 302 g/mol. The van der Waals surface area contributed by atoms with E-state index >= 15 is 0 Å². The minimum Gasteiger partial charge on any atom is -0.423 e. The lowest BCUT2D eigenvalue weighted by atomic mass is 9.80. The van der Waals surface area contributed by atoms with Gasteiger partial charge in [-0.3, -0.25) is 4.79 Å². The quantitative estimate of drug-likeness (QED) is 0.597. The number of aldehydes is 1. The lowest BCUT2D eigenvalue weighted by Gasteiger charge is -2.10. The fourth-order valence-electron chi connectivity index (χ4n) is 2.27. The Labute approximate surface area is 134 Å². The molecule has 2 rings (SSSR count). The van der Waals surface area contributed by atoms with Gasteiger partial charge in [0, 0.05) is 13.0 Å². The molecule has 7 heteroatoms. The third-order valence-electron chi connectivity index (χ3n) is 3.53. The van der Waals surface area contributed by atoms with Crippen molar-refractivity contribution in [1.29, 1.82) is 0 Å². The van der Waals surface area contributed by atoms with E-state index in [4.69, 9.17) is 21.6 Å². The van der Waals surface area contributed by atoms with Crippen LogP contribution in [0, 0.1) is 0 Å². The van der Waals surface area contributed by atoms with Crippen LogP contribution in [0.2, 0.25) is 5.15 Å². The van der Waals surface area contributed by atoms with Gasteiger partial charge in [0.05, 0.1) is 0 Å². The Kier molecular flexibility index (Phi) is 5.77. The van der Waals surface area contributed by atoms with Crippen molar-refractivity contribution < 1.29 is 14.8 Å². The summed E-state index contributed by atoms with van der Waals surface area (Å²) in [6, 6.07) is 6.87. The fourth-order valence-corrected chi connectivity index (χ4v) is 2.52. The van der Waals surface area contributed by atoms with Crippen LogP contribution in [0.1, 0.15) is 41.6 Å². The predicted octanol–water partition coefficient (Wildman–Crippen LogP) is 1.42. The van der Waals surface area contributed by atoms with Crippen molar-refractivity contribution in [2.45, 2.75) is 32.7 Å². The maximum atomic E-state index is 11.3. The van der Waals surface area contributed by atoms with Crippen molar-refractivity contribution in [2.24, 2.45) is 0 Å². The Morgan fingerprint density at radius 3 is 2.55 bits per heavy atom. The number of unbranched alkanes of at least 4 members (excludes halogenated alkanes) is 1. The largest absolute Gasteiger partial charge is 0.488 e. The lowest BCUT2D eigenvalue weighted by molar-refractivity contribution is 0.111. The molecule has 0 bridgehead atoms. The van der Waals surface area contributed by atoms with E-state index < -0.39 is 7.12 Å². The molecule has 0 atom stereocenters. The molecule has 5 nitrogen and oxygen atoms in total. The van der Waals surface area contributed by atoms with Crippen LogP contribution in [-0.2, 0) is 13.0 Å². The number of aryl methyl sites for hydroxylation is 1. The molecule has 0 unspecified atom stereocenters. The molecule has 22 heavy (non-hydrogen) atoms. The van der Waals surface area contributed by atoms with Gasteiger partial charge in [0.1, 0.15) is 11.5 Å². The standard InChI is InChI=1S/C15H18BClN2O3/c1-2-3-4-14-18-15(17)13(10-20)19(14)9-11-5-7-12(8-6-11)16(21)22/h5-8,10,21-22H,2-4,9H2,1H3. The highest BCUT2D eigenvalue weighted by molar-refractivity contribution is 6.58. The van der Waals surface area contributed by atoms with Gasteiger partial charge in [-0.15, -0.1) is 0 Å². The highest BCUT2D eigenvalue weighted by Crippen LogP contribution is 2.19. The Balaban J connectivity index is 2.28. The highest BCUT2D eigenvalue weighted by Gasteiger charge is 2.16. The lowest BCUT2D eigenvalue weighted by Crippen LogP contribution is -2.29. The van der Waals surface area contributed by atoms with Crippen LogP contribution in [0.4, 0.5) is 0 Å². The first-order chi connectivity index (χ1) is 10.6. The van der Waals surface area contributed by atoms with Crippen LogP contribution in [0.5, 0.6) is 0 Å². The molecule has 1 heterocycles. The van der Waals surface area contributed by atoms with Crippen LogP contribution in [-0.4, -0.2) is 33.0 Å². The molecule has 0 aliphatic carbocycles. The van der Waals surface area contributed by atoms with Gasteiger partial charge in [-0.05, 0) is 17.4 Å². The molecular formula is C15H18BClN2O3. The summed E-state index contributed by atoms with van der Waals surface area (Å²) in [4.78, 5) is 15.5. The number of hydrogen-bond donors (Lipinski definition) is 2. The topological polar surface area (TPSA) is 75.4 Å². The number of imidazole rings is 1. The summed E-state index contributed by atoms with van der Waals surface area (Å²) in [5.74, 6) is 0.792. The number of benzene rings is 1. The van der Waals surface area contributed by atoms with Crippen LogP contribution in [0.25, 0.3) is 0 Å². The third kappa shape index (κ3) is 3.77. The normalized spacial score (nSPS) is 10.7. The average Bonchev–Trinajstić information content (AvgIpc) is 2.80. The van der Waals surface area contributed by atoms with Crippen LogP contribution < -0.4 is 5.46 Å². The van der Waals surface area contributed by atoms with Gasteiger partial charge < -0.3 is 14.6 Å². The monoisotopic (exact) mass is 320 g/mol. The summed E-state index contributed by atoms with van der Waals surface area (Å²) in [6.45, 7) is 2.56. The smallest absolute Gasteiger partial charge is 0.423 e. The van der Waals surface area contributed by atoms with Crippen molar-refractivity contribution in [3.63, 3.8) is 0 Å². The van der Waals surface area contributed by atoms with E-state index in [2.05, 4.69) is 11.9 Å². The Hall–Kier alpha value is -1.63. The molecule has 0 aliphatic rings. The summed E-state index contributed by atoms with van der Waals surface area (Å²) in [5.41, 5.74) is 1.73. The van der Waals surface area contributed by atoms with Gasteiger partial charge in [0.2, 0.25) is 0 Å². The highest BCUT2D eigenvalue weighted by atomic mass is 35.5. The molecule has 1 aromatic heterocycles. The summed E-state index contributed by atoms with van der Waals surface area (Å²) in [6.07, 6.45) is 3.49. The van der Waals surface area contributed by atoms with Crippen LogP contribution >= 0.6 is 11.6 Å². The third-order valence-corrected chi connectivity index (χ3v) is 3.80. The molecule has 2 N–H and O–H groups in total. The molecule has 2 aromatic rings. The fraction of sp³-hybridized carbons (Fsp3) is 0.333. The van der Waals surface area contributed by atoms with E-state index in [9.17, 15) is 4.79 Å². The molecule has 0 spiro atoms. The maximum Gasteiger partial charge on any atom is 0.488 e. The summed E-state index contributed by atoms with van der Waals surface area (Å²) >= 11 is 6.03. The van der Waals surface area contributed by atoms with Crippen molar-refractivity contribution in [1.82, 2.24) is 9.55 Å². The zero-order valence-corrected chi connectivity index (χ0v) is 13.1. The second kappa shape index (κ2) is 7.58. The molecule has 0 amide bonds. The predicted molar refractivity (Wildman–Crippen MR) is 86.6 cm³/mol. The zero-order valence-electron chi connectivity index (χ0n) is 12.4. The molecule has 0 saturated carbocycles. The number of carbonyl (C=O) groups excluding carboxylic acids is 1. The van der Waals surface area contributed by atoms with Crippen LogP contribution in [0.3, 0.4) is 0 Å². The van der Waals surface area contributed by atoms with Gasteiger partial charge in [0.15, 0.2) is 11.4 Å². The van der Waals surface area contributed by atoms with Gasteiger partial charge >= 0.3 is 7.12 Å². The van der Waals surface area contributed by atoms with E-state index in [1.807, 2.05) is 4.57 Å². The Morgan fingerprint density at radius 1 is 1.32 bits per heavy atom. The zero-order chi connectivity index (χ0) is 16.1. The van der Waals surface area contributed by atoms with Crippen LogP contribution in [0.15, 0.2) is 24.3 Å². The van der Waals surface area contributed by atoms with Gasteiger partial charge in [-0.1, -0.05) is 49.2 Å². The first kappa shape index (κ1) is 16.7. The SMILES string of the molecule is CCCCc1nc(Cl)c(C=O)n1Cc1ccc(B(O)O)cc1. The van der Waals surface area contributed by atoms with Crippen molar-refractivity contribution >= 4 is 30.5 Å². The summed E-state index contributed by atoms with van der Waals surface area (Å²) in [5, 5.41) is 18.4. The van der Waals surface area contributed by atoms with E-state index in [1.54, 1.807) is 24.3 Å².